The molecule has 0 aliphatic heterocycles. The molecule has 0 atom stereocenters. The van der Waals surface area contributed by atoms with Gasteiger partial charge in [0.25, 0.3) is 0 Å². The molecule has 4 nitrogen and oxygen atoms in total. The van der Waals surface area contributed by atoms with Crippen LogP contribution in [0.2, 0.25) is 0 Å². The van der Waals surface area contributed by atoms with Gasteiger partial charge in [-0.25, -0.2) is 0 Å². The molecule has 11 heavy (non-hydrogen) atoms. The average molecular weight is 171 g/mol. The van der Waals surface area contributed by atoms with E-state index in [0.29, 0.717) is 11.3 Å². The second-order valence-electron chi connectivity index (χ2n) is 1.97. The van der Waals surface area contributed by atoms with Crippen LogP contribution in [0.4, 0.5) is 0 Å². The fraction of sp³-hybridized carbons (Fsp3) is 0.333. The molecule has 0 radical (unpaired) electrons. The van der Waals surface area contributed by atoms with Crippen LogP contribution in [-0.2, 0) is 0 Å². The lowest BCUT2D eigenvalue weighted by atomic mass is 10.4. The van der Waals surface area contributed by atoms with Gasteiger partial charge in [-0.1, -0.05) is 12.1 Å². The molecule has 0 aliphatic rings. The number of nitrogens with zero attached hydrogens (tertiary/aromatic N) is 3. The van der Waals surface area contributed by atoms with Crippen molar-refractivity contribution < 1.29 is 5.11 Å². The Balaban J connectivity index is 2.93. The van der Waals surface area contributed by atoms with Crippen molar-refractivity contribution in [1.82, 2.24) is 15.0 Å². The molecule has 0 fully saturated rings. The second-order valence-corrected chi connectivity index (χ2v) is 2.51. The lowest BCUT2D eigenvalue weighted by molar-refractivity contribution is 0.450. The van der Waals surface area contributed by atoms with Crippen molar-refractivity contribution >= 4 is 18.5 Å². The zero-order chi connectivity index (χ0) is 8.27. The minimum atomic E-state index is 0.0355. The molecule has 5 heteroatoms. The van der Waals surface area contributed by atoms with Crippen molar-refractivity contribution in [1.29, 1.82) is 0 Å². The van der Waals surface area contributed by atoms with Crippen molar-refractivity contribution in [2.45, 2.75) is 13.3 Å². The van der Waals surface area contributed by atoms with E-state index in [-0.39, 0.29) is 5.88 Å². The van der Waals surface area contributed by atoms with Gasteiger partial charge >= 0.3 is 0 Å². The number of hydrogen-bond donors (Lipinski definition) is 2. The van der Waals surface area contributed by atoms with Gasteiger partial charge in [0, 0.05) is 4.91 Å². The molecular weight excluding hydrogens is 162 g/mol. The Labute approximate surface area is 69.9 Å². The van der Waals surface area contributed by atoms with E-state index in [9.17, 15) is 5.11 Å². The van der Waals surface area contributed by atoms with Crippen molar-refractivity contribution in [2.24, 2.45) is 0 Å². The van der Waals surface area contributed by atoms with Gasteiger partial charge in [0.05, 0.1) is 12.4 Å². The van der Waals surface area contributed by atoms with Gasteiger partial charge in [-0.05, 0) is 6.42 Å². The molecule has 0 amide bonds. The topological polar surface area (TPSA) is 50.9 Å². The molecule has 0 unspecified atom stereocenters. The summed E-state index contributed by atoms with van der Waals surface area (Å²) in [5.41, 5.74) is 0. The van der Waals surface area contributed by atoms with Crippen LogP contribution >= 0.6 is 12.6 Å². The zero-order valence-corrected chi connectivity index (χ0v) is 6.99. The molecular formula is C6H9N3OS. The van der Waals surface area contributed by atoms with Crippen molar-refractivity contribution in [2.75, 3.05) is 0 Å². The SMILES string of the molecule is CC/C(S)=C(\O)n1ccnn1. The number of thiol groups is 1. The summed E-state index contributed by atoms with van der Waals surface area (Å²) < 4.78 is 1.27. The van der Waals surface area contributed by atoms with Crippen LogP contribution < -0.4 is 0 Å². The quantitative estimate of drug-likeness (QED) is 0.521. The summed E-state index contributed by atoms with van der Waals surface area (Å²) in [6.45, 7) is 1.90. The Hall–Kier alpha value is -0.970. The predicted molar refractivity (Wildman–Crippen MR) is 45.1 cm³/mol. The Kier molecular flexibility index (Phi) is 2.53. The first-order valence-electron chi connectivity index (χ1n) is 3.23. The van der Waals surface area contributed by atoms with Crippen LogP contribution in [0.3, 0.4) is 0 Å². The highest BCUT2D eigenvalue weighted by atomic mass is 32.1. The predicted octanol–water partition coefficient (Wildman–Crippen LogP) is 1.30. The van der Waals surface area contributed by atoms with Crippen LogP contribution in [0.15, 0.2) is 17.3 Å². The largest absolute Gasteiger partial charge is 0.493 e. The molecule has 1 aromatic heterocycles. The van der Waals surface area contributed by atoms with Gasteiger partial charge in [-0.3, -0.25) is 0 Å². The lowest BCUT2D eigenvalue weighted by Gasteiger charge is -2.00. The third-order valence-electron chi connectivity index (χ3n) is 1.23. The average Bonchev–Trinajstić information content (AvgIpc) is 2.53. The van der Waals surface area contributed by atoms with Gasteiger partial charge in [-0.15, -0.1) is 17.7 Å². The number of aromatic nitrogens is 3. The molecule has 60 valence electrons. The highest BCUT2D eigenvalue weighted by molar-refractivity contribution is 7.84. The third kappa shape index (κ3) is 1.74. The summed E-state index contributed by atoms with van der Waals surface area (Å²) in [6, 6.07) is 0. The monoisotopic (exact) mass is 171 g/mol. The van der Waals surface area contributed by atoms with Crippen LogP contribution in [0.25, 0.3) is 5.88 Å². The van der Waals surface area contributed by atoms with E-state index in [0.717, 1.165) is 0 Å². The van der Waals surface area contributed by atoms with Gasteiger partial charge in [-0.2, -0.15) is 4.68 Å². The maximum absolute atomic E-state index is 9.34. The normalized spacial score (nSPS) is 12.9. The molecule has 1 N–H and O–H groups in total. The molecule has 0 bridgehead atoms. The number of rotatable bonds is 2. The van der Waals surface area contributed by atoms with E-state index in [4.69, 9.17) is 0 Å². The van der Waals surface area contributed by atoms with Crippen molar-refractivity contribution in [3.63, 3.8) is 0 Å². The summed E-state index contributed by atoms with van der Waals surface area (Å²) in [6.07, 6.45) is 3.73. The first-order valence-corrected chi connectivity index (χ1v) is 3.68. The fourth-order valence-corrected chi connectivity index (χ4v) is 0.714. The summed E-state index contributed by atoms with van der Waals surface area (Å²) in [5, 5.41) is 16.5. The summed E-state index contributed by atoms with van der Waals surface area (Å²) in [5.74, 6) is 0.0355. The molecule has 0 aliphatic carbocycles. The standard InChI is InChI=1S/C6H9N3OS/c1-2-5(11)6(10)9-4-3-7-8-9/h3-4,10-11H,2H2,1H3/b6-5+. The Morgan fingerprint density at radius 2 is 2.45 bits per heavy atom. The fourth-order valence-electron chi connectivity index (χ4n) is 0.612. The van der Waals surface area contributed by atoms with Crippen molar-refractivity contribution in [3.05, 3.63) is 17.3 Å². The lowest BCUT2D eigenvalue weighted by Crippen LogP contribution is -1.98. The first kappa shape index (κ1) is 8.13. The van der Waals surface area contributed by atoms with Crippen LogP contribution in [0.1, 0.15) is 13.3 Å². The minimum absolute atomic E-state index is 0.0355. The second kappa shape index (κ2) is 3.43. The van der Waals surface area contributed by atoms with Crippen LogP contribution in [0.5, 0.6) is 0 Å². The maximum Gasteiger partial charge on any atom is 0.222 e. The highest BCUT2D eigenvalue weighted by Crippen LogP contribution is 2.12. The van der Waals surface area contributed by atoms with Gasteiger partial charge in [0.1, 0.15) is 0 Å². The Morgan fingerprint density at radius 1 is 1.73 bits per heavy atom. The van der Waals surface area contributed by atoms with Crippen LogP contribution in [-0.4, -0.2) is 20.1 Å². The Morgan fingerprint density at radius 3 is 2.91 bits per heavy atom. The van der Waals surface area contributed by atoms with E-state index < -0.39 is 0 Å². The smallest absolute Gasteiger partial charge is 0.222 e. The number of hydrogen-bond acceptors (Lipinski definition) is 4. The number of allylic oxidation sites excluding steroid dienone is 1. The van der Waals surface area contributed by atoms with E-state index in [1.807, 2.05) is 6.92 Å². The minimum Gasteiger partial charge on any atom is -0.493 e. The molecule has 0 saturated heterocycles. The molecule has 1 rings (SSSR count). The summed E-state index contributed by atoms with van der Waals surface area (Å²) in [4.78, 5) is 0.593. The molecule has 1 aromatic rings. The van der Waals surface area contributed by atoms with Gasteiger partial charge in [0.2, 0.25) is 5.88 Å². The van der Waals surface area contributed by atoms with E-state index in [1.54, 1.807) is 6.20 Å². The highest BCUT2D eigenvalue weighted by Gasteiger charge is 2.01. The molecule has 0 saturated carbocycles. The molecule has 1 heterocycles. The first-order chi connectivity index (χ1) is 5.25. The summed E-state index contributed by atoms with van der Waals surface area (Å²) in [7, 11) is 0. The van der Waals surface area contributed by atoms with Gasteiger partial charge in [0.15, 0.2) is 0 Å². The van der Waals surface area contributed by atoms with Crippen LogP contribution in [0, 0.1) is 0 Å². The van der Waals surface area contributed by atoms with E-state index in [1.165, 1.54) is 10.9 Å². The van der Waals surface area contributed by atoms with E-state index >= 15 is 0 Å². The van der Waals surface area contributed by atoms with E-state index in [2.05, 4.69) is 22.9 Å². The van der Waals surface area contributed by atoms with Crippen molar-refractivity contribution in [3.8, 4) is 0 Å². The van der Waals surface area contributed by atoms with Gasteiger partial charge < -0.3 is 5.11 Å². The Bertz CT molecular complexity index is 255. The summed E-state index contributed by atoms with van der Waals surface area (Å²) >= 11 is 4.05. The molecule has 0 spiro atoms. The molecule has 0 aromatic carbocycles. The third-order valence-corrected chi connectivity index (χ3v) is 1.75. The maximum atomic E-state index is 9.34. The zero-order valence-electron chi connectivity index (χ0n) is 6.10. The number of aliphatic hydroxyl groups excluding tert-OH is 1. The number of aliphatic hydroxyl groups is 1.